The van der Waals surface area contributed by atoms with Crippen LogP contribution in [0.3, 0.4) is 0 Å². The molecule has 0 radical (unpaired) electrons. The maximum atomic E-state index is 8.39. The third-order valence-electron chi connectivity index (χ3n) is 1.67. The summed E-state index contributed by atoms with van der Waals surface area (Å²) in [4.78, 5) is 0. The molecule has 0 aliphatic heterocycles. The molecule has 0 atom stereocenters. The zero-order valence-electron chi connectivity index (χ0n) is 6.76. The topological polar surface area (TPSA) is 23.8 Å². The van der Waals surface area contributed by atoms with Crippen LogP contribution in [-0.4, -0.2) is 0 Å². The van der Waals surface area contributed by atoms with Gasteiger partial charge in [-0.3, -0.25) is 0 Å². The highest BCUT2D eigenvalue weighted by atomic mass is 79.9. The zero-order chi connectivity index (χ0) is 8.81. The molecular weight excluding hydrogens is 214 g/mol. The lowest BCUT2D eigenvalue weighted by atomic mass is 10.1. The first kappa shape index (κ1) is 9.28. The van der Waals surface area contributed by atoms with Gasteiger partial charge in [0.15, 0.2) is 0 Å². The van der Waals surface area contributed by atoms with Crippen molar-refractivity contribution in [2.75, 3.05) is 0 Å². The average molecular weight is 224 g/mol. The summed E-state index contributed by atoms with van der Waals surface area (Å²) in [6.07, 6.45) is 1.46. The van der Waals surface area contributed by atoms with E-state index in [-0.39, 0.29) is 0 Å². The quantitative estimate of drug-likeness (QED) is 0.724. The number of aryl methyl sites for hydroxylation is 1. The summed E-state index contributed by atoms with van der Waals surface area (Å²) in [7, 11) is 0. The van der Waals surface area contributed by atoms with Crippen LogP contribution >= 0.6 is 15.9 Å². The van der Waals surface area contributed by atoms with E-state index in [0.717, 1.165) is 11.8 Å². The Labute approximate surface area is 81.2 Å². The highest BCUT2D eigenvalue weighted by molar-refractivity contribution is 9.08. The molecule has 0 fully saturated rings. The van der Waals surface area contributed by atoms with Gasteiger partial charge in [0.1, 0.15) is 0 Å². The molecule has 62 valence electrons. The van der Waals surface area contributed by atoms with Crippen LogP contribution in [0.5, 0.6) is 0 Å². The molecule has 0 amide bonds. The normalized spacial score (nSPS) is 9.33. The molecule has 0 saturated carbocycles. The minimum atomic E-state index is 0.603. The van der Waals surface area contributed by atoms with Gasteiger partial charge >= 0.3 is 0 Å². The Morgan fingerprint density at radius 3 is 2.75 bits per heavy atom. The predicted octanol–water partition coefficient (Wildman–Crippen LogP) is 3.04. The SMILES string of the molecule is N#CCCc1cccc(CBr)c1. The Morgan fingerprint density at radius 1 is 1.33 bits per heavy atom. The number of rotatable bonds is 3. The summed E-state index contributed by atoms with van der Waals surface area (Å²) in [5, 5.41) is 9.28. The van der Waals surface area contributed by atoms with E-state index in [2.05, 4.69) is 40.2 Å². The van der Waals surface area contributed by atoms with Gasteiger partial charge in [-0.15, -0.1) is 0 Å². The van der Waals surface area contributed by atoms with Gasteiger partial charge in [0.25, 0.3) is 0 Å². The largest absolute Gasteiger partial charge is 0.198 e. The number of hydrogen-bond acceptors (Lipinski definition) is 1. The third-order valence-corrected chi connectivity index (χ3v) is 2.32. The maximum Gasteiger partial charge on any atom is 0.0625 e. The van der Waals surface area contributed by atoms with Crippen molar-refractivity contribution in [3.63, 3.8) is 0 Å². The van der Waals surface area contributed by atoms with Crippen LogP contribution in [0.4, 0.5) is 0 Å². The van der Waals surface area contributed by atoms with Crippen molar-refractivity contribution in [1.82, 2.24) is 0 Å². The molecule has 0 unspecified atom stereocenters. The first-order chi connectivity index (χ1) is 5.86. The summed E-state index contributed by atoms with van der Waals surface area (Å²) in [6, 6.07) is 10.4. The second-order valence-electron chi connectivity index (χ2n) is 2.61. The fraction of sp³-hybridized carbons (Fsp3) is 0.300. The van der Waals surface area contributed by atoms with Crippen LogP contribution < -0.4 is 0 Å². The highest BCUT2D eigenvalue weighted by Crippen LogP contribution is 2.10. The van der Waals surface area contributed by atoms with Crippen LogP contribution in [0.1, 0.15) is 17.5 Å². The van der Waals surface area contributed by atoms with E-state index in [4.69, 9.17) is 5.26 Å². The summed E-state index contributed by atoms with van der Waals surface area (Å²) in [5.41, 5.74) is 2.51. The lowest BCUT2D eigenvalue weighted by Crippen LogP contribution is -1.85. The minimum absolute atomic E-state index is 0.603. The summed E-state index contributed by atoms with van der Waals surface area (Å²) in [6.45, 7) is 0. The van der Waals surface area contributed by atoms with Crippen molar-refractivity contribution in [1.29, 1.82) is 5.26 Å². The fourth-order valence-electron chi connectivity index (χ4n) is 1.07. The lowest BCUT2D eigenvalue weighted by Gasteiger charge is -1.99. The molecule has 12 heavy (non-hydrogen) atoms. The van der Waals surface area contributed by atoms with Crippen molar-refractivity contribution in [2.45, 2.75) is 18.2 Å². The number of alkyl halides is 1. The fourth-order valence-corrected chi connectivity index (χ4v) is 1.42. The second-order valence-corrected chi connectivity index (χ2v) is 3.17. The molecule has 1 rings (SSSR count). The van der Waals surface area contributed by atoms with Crippen molar-refractivity contribution in [3.05, 3.63) is 35.4 Å². The Balaban J connectivity index is 2.67. The van der Waals surface area contributed by atoms with E-state index in [1.54, 1.807) is 0 Å². The molecule has 0 saturated heterocycles. The van der Waals surface area contributed by atoms with E-state index in [9.17, 15) is 0 Å². The smallest absolute Gasteiger partial charge is 0.0625 e. The Morgan fingerprint density at radius 2 is 2.08 bits per heavy atom. The molecule has 1 aromatic rings. The van der Waals surface area contributed by atoms with Gasteiger partial charge in [0.2, 0.25) is 0 Å². The molecular formula is C10H10BrN. The summed E-state index contributed by atoms with van der Waals surface area (Å²) < 4.78 is 0. The van der Waals surface area contributed by atoms with Crippen LogP contribution in [0.25, 0.3) is 0 Å². The third kappa shape index (κ3) is 2.67. The molecule has 0 aliphatic carbocycles. The van der Waals surface area contributed by atoms with Crippen LogP contribution in [-0.2, 0) is 11.8 Å². The van der Waals surface area contributed by atoms with E-state index < -0.39 is 0 Å². The molecule has 0 aromatic heterocycles. The Hall–Kier alpha value is -0.810. The van der Waals surface area contributed by atoms with Gasteiger partial charge < -0.3 is 0 Å². The highest BCUT2D eigenvalue weighted by Gasteiger charge is 1.93. The van der Waals surface area contributed by atoms with Crippen molar-refractivity contribution in [3.8, 4) is 6.07 Å². The molecule has 0 N–H and O–H groups in total. The Kier molecular flexibility index (Phi) is 3.83. The predicted molar refractivity (Wildman–Crippen MR) is 53.0 cm³/mol. The number of nitriles is 1. The summed E-state index contributed by atoms with van der Waals surface area (Å²) in [5.74, 6) is 0. The van der Waals surface area contributed by atoms with E-state index in [0.29, 0.717) is 6.42 Å². The molecule has 0 spiro atoms. The number of halogens is 1. The molecule has 1 nitrogen and oxygen atoms in total. The first-order valence-corrected chi connectivity index (χ1v) is 4.99. The number of benzene rings is 1. The molecule has 0 heterocycles. The van der Waals surface area contributed by atoms with Crippen molar-refractivity contribution < 1.29 is 0 Å². The molecule has 0 bridgehead atoms. The van der Waals surface area contributed by atoms with Gasteiger partial charge in [-0.1, -0.05) is 40.2 Å². The van der Waals surface area contributed by atoms with Gasteiger partial charge in [0.05, 0.1) is 6.07 Å². The van der Waals surface area contributed by atoms with E-state index in [1.807, 2.05) is 6.07 Å². The van der Waals surface area contributed by atoms with Crippen LogP contribution in [0, 0.1) is 11.3 Å². The Bertz CT molecular complexity index is 288. The van der Waals surface area contributed by atoms with Gasteiger partial charge in [-0.05, 0) is 17.5 Å². The maximum absolute atomic E-state index is 8.39. The number of hydrogen-bond donors (Lipinski definition) is 0. The monoisotopic (exact) mass is 223 g/mol. The van der Waals surface area contributed by atoms with E-state index in [1.165, 1.54) is 11.1 Å². The number of nitrogens with zero attached hydrogens (tertiary/aromatic N) is 1. The van der Waals surface area contributed by atoms with Crippen molar-refractivity contribution in [2.24, 2.45) is 0 Å². The molecule has 2 heteroatoms. The van der Waals surface area contributed by atoms with Gasteiger partial charge in [0, 0.05) is 11.8 Å². The summed E-state index contributed by atoms with van der Waals surface area (Å²) >= 11 is 3.39. The van der Waals surface area contributed by atoms with E-state index >= 15 is 0 Å². The first-order valence-electron chi connectivity index (χ1n) is 3.87. The van der Waals surface area contributed by atoms with Gasteiger partial charge in [-0.25, -0.2) is 0 Å². The molecule has 1 aromatic carbocycles. The standard InChI is InChI=1S/C10H10BrN/c11-8-10-4-1-3-9(7-10)5-2-6-12/h1,3-4,7H,2,5,8H2. The lowest BCUT2D eigenvalue weighted by molar-refractivity contribution is 1.01. The molecule has 0 aliphatic rings. The van der Waals surface area contributed by atoms with Gasteiger partial charge in [-0.2, -0.15) is 5.26 Å². The average Bonchev–Trinajstić information content (AvgIpc) is 2.15. The minimum Gasteiger partial charge on any atom is -0.198 e. The van der Waals surface area contributed by atoms with Crippen LogP contribution in [0.15, 0.2) is 24.3 Å². The second kappa shape index (κ2) is 4.95. The zero-order valence-corrected chi connectivity index (χ0v) is 8.34. The van der Waals surface area contributed by atoms with Crippen molar-refractivity contribution >= 4 is 15.9 Å². The van der Waals surface area contributed by atoms with Crippen LogP contribution in [0.2, 0.25) is 0 Å².